The molecule has 3 heteroatoms. The van der Waals surface area contributed by atoms with Crippen LogP contribution >= 0.6 is 0 Å². The van der Waals surface area contributed by atoms with Crippen molar-refractivity contribution < 1.29 is 4.79 Å². The molecule has 0 bridgehead atoms. The van der Waals surface area contributed by atoms with Crippen molar-refractivity contribution in [3.05, 3.63) is 29.8 Å². The van der Waals surface area contributed by atoms with Crippen molar-refractivity contribution in [1.82, 2.24) is 4.90 Å². The molecule has 0 fully saturated rings. The minimum atomic E-state index is 0.0921. The third kappa shape index (κ3) is 4.20. The molecule has 0 aromatic heterocycles. The summed E-state index contributed by atoms with van der Waals surface area (Å²) in [4.78, 5) is 13.1. The van der Waals surface area contributed by atoms with E-state index in [1.54, 1.807) is 11.8 Å². The van der Waals surface area contributed by atoms with E-state index in [2.05, 4.69) is 11.2 Å². The van der Waals surface area contributed by atoms with Gasteiger partial charge in [-0.3, -0.25) is 4.79 Å². The van der Waals surface area contributed by atoms with Crippen LogP contribution in [0.2, 0.25) is 0 Å². The fourth-order valence-electron chi connectivity index (χ4n) is 1.60. The first-order valence-corrected chi connectivity index (χ1v) is 5.69. The summed E-state index contributed by atoms with van der Waals surface area (Å²) in [5.41, 5.74) is 2.09. The van der Waals surface area contributed by atoms with Crippen molar-refractivity contribution in [2.75, 3.05) is 18.4 Å². The first-order valence-electron chi connectivity index (χ1n) is 5.69. The highest BCUT2D eigenvalue weighted by molar-refractivity contribution is 5.73. The lowest BCUT2D eigenvalue weighted by Gasteiger charge is -2.19. The number of anilines is 1. The van der Waals surface area contributed by atoms with E-state index >= 15 is 0 Å². The van der Waals surface area contributed by atoms with Crippen LogP contribution in [0.4, 0.5) is 5.69 Å². The maximum absolute atomic E-state index is 11.3. The van der Waals surface area contributed by atoms with Crippen molar-refractivity contribution in [2.45, 2.75) is 20.4 Å². The first-order chi connectivity index (χ1) is 8.17. The molecule has 0 atom stereocenters. The Balaban J connectivity index is 2.71. The highest BCUT2D eigenvalue weighted by Crippen LogP contribution is 2.12. The summed E-state index contributed by atoms with van der Waals surface area (Å²) >= 11 is 0. The number of amides is 1. The van der Waals surface area contributed by atoms with Crippen LogP contribution < -0.4 is 5.32 Å². The van der Waals surface area contributed by atoms with E-state index in [0.29, 0.717) is 13.1 Å². The molecule has 0 spiro atoms. The number of nitrogens with zero attached hydrogens (tertiary/aromatic N) is 1. The van der Waals surface area contributed by atoms with Gasteiger partial charge in [-0.2, -0.15) is 0 Å². The van der Waals surface area contributed by atoms with Gasteiger partial charge in [0.05, 0.1) is 6.54 Å². The maximum Gasteiger partial charge on any atom is 0.219 e. The van der Waals surface area contributed by atoms with Crippen molar-refractivity contribution >= 4 is 11.6 Å². The Bertz CT molecular complexity index is 420. The Morgan fingerprint density at radius 1 is 1.53 bits per heavy atom. The van der Waals surface area contributed by atoms with Gasteiger partial charge < -0.3 is 10.2 Å². The number of hydrogen-bond acceptors (Lipinski definition) is 2. The number of rotatable bonds is 5. The number of terminal acetylenes is 1. The van der Waals surface area contributed by atoms with Crippen LogP contribution in [-0.2, 0) is 11.3 Å². The molecule has 0 aliphatic carbocycles. The zero-order valence-corrected chi connectivity index (χ0v) is 10.4. The Morgan fingerprint density at radius 2 is 2.29 bits per heavy atom. The van der Waals surface area contributed by atoms with Gasteiger partial charge in [0.15, 0.2) is 0 Å². The van der Waals surface area contributed by atoms with Crippen LogP contribution in [-0.4, -0.2) is 23.9 Å². The van der Waals surface area contributed by atoms with Crippen molar-refractivity contribution in [1.29, 1.82) is 0 Å². The molecule has 0 aliphatic heterocycles. The smallest absolute Gasteiger partial charge is 0.219 e. The summed E-state index contributed by atoms with van der Waals surface area (Å²) in [5.74, 6) is 2.62. The van der Waals surface area contributed by atoms with E-state index in [-0.39, 0.29) is 5.91 Å². The minimum Gasteiger partial charge on any atom is -0.374 e. The molecule has 0 heterocycles. The molecule has 1 aromatic rings. The summed E-state index contributed by atoms with van der Waals surface area (Å²) in [7, 11) is 0. The quantitative estimate of drug-likeness (QED) is 0.786. The van der Waals surface area contributed by atoms with E-state index in [0.717, 1.165) is 17.8 Å². The Labute approximate surface area is 103 Å². The fourth-order valence-corrected chi connectivity index (χ4v) is 1.60. The molecule has 0 aliphatic rings. The molecular weight excluding hydrogens is 212 g/mol. The summed E-state index contributed by atoms with van der Waals surface area (Å²) in [5, 5.41) is 3.12. The SMILES string of the molecule is C#CCNc1cccc(CN(CC)C(C)=O)c1. The Hall–Kier alpha value is -1.95. The molecule has 0 radical (unpaired) electrons. The summed E-state index contributed by atoms with van der Waals surface area (Å²) < 4.78 is 0. The summed E-state index contributed by atoms with van der Waals surface area (Å²) in [6.07, 6.45) is 5.19. The van der Waals surface area contributed by atoms with Gasteiger partial charge in [-0.25, -0.2) is 0 Å². The number of benzene rings is 1. The van der Waals surface area contributed by atoms with E-state index in [4.69, 9.17) is 6.42 Å². The minimum absolute atomic E-state index is 0.0921. The van der Waals surface area contributed by atoms with Gasteiger partial charge in [-0.05, 0) is 24.6 Å². The Morgan fingerprint density at radius 3 is 2.88 bits per heavy atom. The third-order valence-corrected chi connectivity index (χ3v) is 2.52. The lowest BCUT2D eigenvalue weighted by molar-refractivity contribution is -0.129. The molecule has 1 amide bonds. The molecule has 1 aromatic carbocycles. The molecule has 17 heavy (non-hydrogen) atoms. The van der Waals surface area contributed by atoms with E-state index < -0.39 is 0 Å². The highest BCUT2D eigenvalue weighted by Gasteiger charge is 2.06. The molecule has 0 saturated carbocycles. The molecule has 90 valence electrons. The Kier molecular flexibility index (Phi) is 5.09. The molecule has 0 saturated heterocycles. The van der Waals surface area contributed by atoms with Crippen LogP contribution in [0.3, 0.4) is 0 Å². The van der Waals surface area contributed by atoms with Crippen LogP contribution in [0.1, 0.15) is 19.4 Å². The molecule has 3 nitrogen and oxygen atoms in total. The normalized spacial score (nSPS) is 9.47. The van der Waals surface area contributed by atoms with Gasteiger partial charge in [0, 0.05) is 25.7 Å². The zero-order valence-electron chi connectivity index (χ0n) is 10.4. The maximum atomic E-state index is 11.3. The van der Waals surface area contributed by atoms with Crippen molar-refractivity contribution in [3.63, 3.8) is 0 Å². The predicted octanol–water partition coefficient (Wildman–Crippen LogP) is 2.10. The van der Waals surface area contributed by atoms with Gasteiger partial charge in [-0.15, -0.1) is 6.42 Å². The molecule has 1 N–H and O–H groups in total. The van der Waals surface area contributed by atoms with E-state index in [1.165, 1.54) is 0 Å². The second-order valence-corrected chi connectivity index (χ2v) is 3.79. The number of hydrogen-bond donors (Lipinski definition) is 1. The monoisotopic (exact) mass is 230 g/mol. The molecule has 0 unspecified atom stereocenters. The van der Waals surface area contributed by atoms with Crippen LogP contribution in [0.5, 0.6) is 0 Å². The topological polar surface area (TPSA) is 32.3 Å². The molecular formula is C14H18N2O. The van der Waals surface area contributed by atoms with Crippen LogP contribution in [0, 0.1) is 12.3 Å². The second-order valence-electron chi connectivity index (χ2n) is 3.79. The largest absolute Gasteiger partial charge is 0.374 e. The predicted molar refractivity (Wildman–Crippen MR) is 70.5 cm³/mol. The number of carbonyl (C=O) groups is 1. The zero-order chi connectivity index (χ0) is 12.7. The van der Waals surface area contributed by atoms with Gasteiger partial charge in [0.2, 0.25) is 5.91 Å². The van der Waals surface area contributed by atoms with Crippen LogP contribution in [0.25, 0.3) is 0 Å². The van der Waals surface area contributed by atoms with E-state index in [9.17, 15) is 4.79 Å². The van der Waals surface area contributed by atoms with Gasteiger partial charge in [-0.1, -0.05) is 18.1 Å². The van der Waals surface area contributed by atoms with Gasteiger partial charge in [0.25, 0.3) is 0 Å². The van der Waals surface area contributed by atoms with Crippen LogP contribution in [0.15, 0.2) is 24.3 Å². The van der Waals surface area contributed by atoms with Gasteiger partial charge in [0.1, 0.15) is 0 Å². The third-order valence-electron chi connectivity index (χ3n) is 2.52. The standard InChI is InChI=1S/C14H18N2O/c1-4-9-15-14-8-6-7-13(10-14)11-16(5-2)12(3)17/h1,6-8,10,15H,5,9,11H2,2-3H3. The van der Waals surface area contributed by atoms with Gasteiger partial charge >= 0.3 is 0 Å². The summed E-state index contributed by atoms with van der Waals surface area (Å²) in [6, 6.07) is 7.95. The average Bonchev–Trinajstić information content (AvgIpc) is 2.33. The van der Waals surface area contributed by atoms with Crippen molar-refractivity contribution in [3.8, 4) is 12.3 Å². The van der Waals surface area contributed by atoms with Crippen molar-refractivity contribution in [2.24, 2.45) is 0 Å². The first kappa shape index (κ1) is 13.1. The lowest BCUT2D eigenvalue weighted by Crippen LogP contribution is -2.27. The summed E-state index contributed by atoms with van der Waals surface area (Å²) in [6.45, 7) is 5.42. The number of carbonyl (C=O) groups excluding carboxylic acids is 1. The molecule has 1 rings (SSSR count). The second kappa shape index (κ2) is 6.59. The average molecular weight is 230 g/mol. The number of nitrogens with one attached hydrogen (secondary N) is 1. The lowest BCUT2D eigenvalue weighted by atomic mass is 10.2. The fraction of sp³-hybridized carbons (Fsp3) is 0.357. The van der Waals surface area contributed by atoms with E-state index in [1.807, 2.05) is 31.2 Å². The highest BCUT2D eigenvalue weighted by atomic mass is 16.2.